The van der Waals surface area contributed by atoms with Gasteiger partial charge in [0.05, 0.1) is 6.04 Å². The van der Waals surface area contributed by atoms with Gasteiger partial charge in [-0.25, -0.2) is 4.79 Å². The van der Waals surface area contributed by atoms with Gasteiger partial charge in [-0.05, 0) is 44.2 Å². The number of aliphatic carboxylic acids is 3. The normalized spacial score (nSPS) is 13.8. The van der Waals surface area contributed by atoms with Crippen molar-refractivity contribution in [3.05, 3.63) is 35.9 Å². The summed E-state index contributed by atoms with van der Waals surface area (Å²) in [7, 11) is 0. The molecule has 0 aliphatic rings. The third kappa shape index (κ3) is 13.4. The summed E-state index contributed by atoms with van der Waals surface area (Å²) in [6, 6.07) is 3.51. The van der Waals surface area contributed by atoms with E-state index in [1.807, 2.05) is 0 Å². The number of carboxylic acids is 3. The second-order valence-corrected chi connectivity index (χ2v) is 8.97. The predicted molar refractivity (Wildman–Crippen MR) is 138 cm³/mol. The number of hydrogen-bond acceptors (Lipinski definition) is 8. The molecule has 39 heavy (non-hydrogen) atoms. The molecule has 3 amide bonds. The van der Waals surface area contributed by atoms with Crippen molar-refractivity contribution in [1.29, 1.82) is 0 Å². The molecule has 0 saturated heterocycles. The molecule has 0 aromatic heterocycles. The average Bonchev–Trinajstić information content (AvgIpc) is 2.88. The molecule has 4 atom stereocenters. The number of carbonyl (C=O) groups excluding carboxylic acids is 3. The maximum absolute atomic E-state index is 13.2. The van der Waals surface area contributed by atoms with Gasteiger partial charge in [-0.1, -0.05) is 30.3 Å². The number of carboxylic acid groups (broad SMARTS) is 3. The van der Waals surface area contributed by atoms with E-state index in [1.54, 1.807) is 30.3 Å². The Hall–Kier alpha value is -4.04. The van der Waals surface area contributed by atoms with E-state index in [0.29, 0.717) is 24.9 Å². The third-order valence-corrected chi connectivity index (χ3v) is 5.76. The minimum absolute atomic E-state index is 0.0225. The molecule has 0 spiro atoms. The van der Waals surface area contributed by atoms with E-state index in [0.717, 1.165) is 0 Å². The Kier molecular flexibility index (Phi) is 14.8. The molecule has 1 aromatic carbocycles. The zero-order valence-corrected chi connectivity index (χ0v) is 21.5. The lowest BCUT2D eigenvalue weighted by Gasteiger charge is -2.25. The predicted octanol–water partition coefficient (Wildman–Crippen LogP) is -1.05. The lowest BCUT2D eigenvalue weighted by Crippen LogP contribution is -2.57. The summed E-state index contributed by atoms with van der Waals surface area (Å²) < 4.78 is 0. The molecule has 0 radical (unpaired) electrons. The number of unbranched alkanes of at least 4 members (excludes halogenated alkanes) is 1. The number of nitrogens with two attached hydrogens (primary N) is 2. The van der Waals surface area contributed by atoms with E-state index in [4.69, 9.17) is 21.7 Å². The van der Waals surface area contributed by atoms with Gasteiger partial charge in [0.15, 0.2) is 0 Å². The van der Waals surface area contributed by atoms with Gasteiger partial charge in [0, 0.05) is 19.3 Å². The van der Waals surface area contributed by atoms with Gasteiger partial charge < -0.3 is 42.7 Å². The monoisotopic (exact) mass is 551 g/mol. The Morgan fingerprint density at radius 3 is 1.79 bits per heavy atom. The zero-order chi connectivity index (χ0) is 29.4. The molecule has 0 saturated carbocycles. The van der Waals surface area contributed by atoms with E-state index in [2.05, 4.69) is 16.0 Å². The van der Waals surface area contributed by atoms with E-state index >= 15 is 0 Å². The first-order chi connectivity index (χ1) is 18.4. The summed E-state index contributed by atoms with van der Waals surface area (Å²) in [6.07, 6.45) is -0.233. The molecule has 1 aromatic rings. The van der Waals surface area contributed by atoms with Crippen molar-refractivity contribution in [2.45, 2.75) is 75.5 Å². The maximum atomic E-state index is 13.2. The number of hydrogen-bond donors (Lipinski definition) is 8. The molecule has 0 heterocycles. The Balaban J connectivity index is 3.10. The van der Waals surface area contributed by atoms with Crippen LogP contribution in [0.15, 0.2) is 30.3 Å². The van der Waals surface area contributed by atoms with Crippen LogP contribution < -0.4 is 27.4 Å². The van der Waals surface area contributed by atoms with Crippen LogP contribution >= 0.6 is 0 Å². The Morgan fingerprint density at radius 1 is 0.692 bits per heavy atom. The van der Waals surface area contributed by atoms with Gasteiger partial charge in [-0.3, -0.25) is 24.0 Å². The van der Waals surface area contributed by atoms with Crippen molar-refractivity contribution in [3.63, 3.8) is 0 Å². The second-order valence-electron chi connectivity index (χ2n) is 8.97. The van der Waals surface area contributed by atoms with Gasteiger partial charge in [0.1, 0.15) is 18.1 Å². The second kappa shape index (κ2) is 17.5. The third-order valence-electron chi connectivity index (χ3n) is 5.76. The molecule has 4 unspecified atom stereocenters. The van der Waals surface area contributed by atoms with E-state index < -0.39 is 66.2 Å². The highest BCUT2D eigenvalue weighted by molar-refractivity contribution is 5.94. The Morgan fingerprint density at radius 2 is 1.23 bits per heavy atom. The molecule has 1 rings (SSSR count). The van der Waals surface area contributed by atoms with Crippen molar-refractivity contribution in [3.8, 4) is 0 Å². The van der Waals surface area contributed by atoms with Crippen LogP contribution in [0.5, 0.6) is 0 Å². The molecule has 10 N–H and O–H groups in total. The minimum atomic E-state index is -1.50. The lowest BCUT2D eigenvalue weighted by atomic mass is 10.0. The summed E-state index contributed by atoms with van der Waals surface area (Å²) in [6.45, 7) is 0.340. The summed E-state index contributed by atoms with van der Waals surface area (Å²) in [4.78, 5) is 72.1. The average molecular weight is 552 g/mol. The van der Waals surface area contributed by atoms with E-state index in [-0.39, 0.29) is 32.1 Å². The van der Waals surface area contributed by atoms with Crippen molar-refractivity contribution in [2.24, 2.45) is 11.5 Å². The van der Waals surface area contributed by atoms with Crippen LogP contribution in [0, 0.1) is 0 Å². The summed E-state index contributed by atoms with van der Waals surface area (Å²) in [5.41, 5.74) is 11.9. The number of amides is 3. The van der Waals surface area contributed by atoms with Gasteiger partial charge >= 0.3 is 17.9 Å². The van der Waals surface area contributed by atoms with E-state index in [1.165, 1.54) is 0 Å². The van der Waals surface area contributed by atoms with Gasteiger partial charge in [-0.15, -0.1) is 0 Å². The number of carbonyl (C=O) groups is 6. The quantitative estimate of drug-likeness (QED) is 0.0963. The molecular formula is C25H37N5O9. The van der Waals surface area contributed by atoms with Crippen LogP contribution in [0.1, 0.15) is 50.5 Å². The SMILES string of the molecule is NCCCCC(NC(=O)C(N)CCC(=O)O)C(=O)NC(Cc1ccccc1)C(=O)NC(CCC(=O)O)C(=O)O. The van der Waals surface area contributed by atoms with Gasteiger partial charge in [0.2, 0.25) is 17.7 Å². The van der Waals surface area contributed by atoms with Gasteiger partial charge in [-0.2, -0.15) is 0 Å². The van der Waals surface area contributed by atoms with Crippen LogP contribution in [-0.2, 0) is 35.2 Å². The smallest absolute Gasteiger partial charge is 0.326 e. The molecule has 0 aliphatic carbocycles. The standard InChI is InChI=1S/C25H37N5O9/c26-13-5-4-8-17(28-22(35)16(27)9-11-20(31)32)23(36)30-19(14-15-6-2-1-3-7-15)24(37)29-18(25(38)39)10-12-21(33)34/h1-3,6-7,16-19H,4-5,8-14,26-27H2,(H,28,35)(H,29,37)(H,30,36)(H,31,32)(H,33,34)(H,38,39). The highest BCUT2D eigenvalue weighted by Crippen LogP contribution is 2.08. The summed E-state index contributed by atoms with van der Waals surface area (Å²) in [5.74, 6) is -6.13. The van der Waals surface area contributed by atoms with Crippen molar-refractivity contribution < 1.29 is 44.1 Å². The van der Waals surface area contributed by atoms with E-state index in [9.17, 15) is 33.9 Å². The molecular weight excluding hydrogens is 514 g/mol. The van der Waals surface area contributed by atoms with Crippen molar-refractivity contribution in [1.82, 2.24) is 16.0 Å². The number of benzene rings is 1. The molecule has 0 bridgehead atoms. The van der Waals surface area contributed by atoms with Crippen LogP contribution in [-0.4, -0.2) is 81.7 Å². The lowest BCUT2D eigenvalue weighted by molar-refractivity contribution is -0.143. The molecule has 14 heteroatoms. The number of nitrogens with one attached hydrogen (secondary N) is 3. The minimum Gasteiger partial charge on any atom is -0.481 e. The zero-order valence-electron chi connectivity index (χ0n) is 21.5. The van der Waals surface area contributed by atoms with Crippen molar-refractivity contribution >= 4 is 35.6 Å². The first kappa shape index (κ1) is 33.0. The van der Waals surface area contributed by atoms with Crippen LogP contribution in [0.2, 0.25) is 0 Å². The highest BCUT2D eigenvalue weighted by atomic mass is 16.4. The Labute approximate surface area is 225 Å². The topological polar surface area (TPSA) is 251 Å². The molecule has 14 nitrogen and oxygen atoms in total. The van der Waals surface area contributed by atoms with Crippen LogP contribution in [0.25, 0.3) is 0 Å². The highest BCUT2D eigenvalue weighted by Gasteiger charge is 2.30. The largest absolute Gasteiger partial charge is 0.481 e. The fraction of sp³-hybridized carbons (Fsp3) is 0.520. The summed E-state index contributed by atoms with van der Waals surface area (Å²) in [5, 5.41) is 34.5. The first-order valence-electron chi connectivity index (χ1n) is 12.5. The Bertz CT molecular complexity index is 989. The maximum Gasteiger partial charge on any atom is 0.326 e. The van der Waals surface area contributed by atoms with Crippen LogP contribution in [0.4, 0.5) is 0 Å². The molecule has 0 aliphatic heterocycles. The van der Waals surface area contributed by atoms with Gasteiger partial charge in [0.25, 0.3) is 0 Å². The van der Waals surface area contributed by atoms with Crippen LogP contribution in [0.3, 0.4) is 0 Å². The fourth-order valence-electron chi connectivity index (χ4n) is 3.58. The summed E-state index contributed by atoms with van der Waals surface area (Å²) >= 11 is 0. The molecule has 216 valence electrons. The van der Waals surface area contributed by atoms with Crippen molar-refractivity contribution in [2.75, 3.05) is 6.54 Å². The first-order valence-corrected chi connectivity index (χ1v) is 12.5. The molecule has 0 fully saturated rings. The fourth-order valence-corrected chi connectivity index (χ4v) is 3.58. The number of rotatable bonds is 19.